The molecule has 0 fully saturated rings. The van der Waals surface area contributed by atoms with Gasteiger partial charge >= 0.3 is 0 Å². The van der Waals surface area contributed by atoms with Crippen molar-refractivity contribution in [3.8, 4) is 11.5 Å². The predicted octanol–water partition coefficient (Wildman–Crippen LogP) is 4.20. The SMILES string of the molecule is CCSC1=N/C(=C\c2ccc(OC)cc2)C(=O)N1c1cccc(OC)c1. The van der Waals surface area contributed by atoms with Crippen LogP contribution in [0, 0.1) is 0 Å². The van der Waals surface area contributed by atoms with Crippen LogP contribution in [0.15, 0.2) is 59.2 Å². The normalized spacial score (nSPS) is 15.3. The summed E-state index contributed by atoms with van der Waals surface area (Å²) in [4.78, 5) is 19.2. The maximum Gasteiger partial charge on any atom is 0.283 e. The van der Waals surface area contributed by atoms with Crippen molar-refractivity contribution in [1.29, 1.82) is 0 Å². The molecular formula is C20H20N2O3S. The van der Waals surface area contributed by atoms with Gasteiger partial charge in [-0.25, -0.2) is 4.99 Å². The Kier molecular flexibility index (Phi) is 5.63. The lowest BCUT2D eigenvalue weighted by molar-refractivity contribution is -0.113. The van der Waals surface area contributed by atoms with Gasteiger partial charge in [0.25, 0.3) is 5.91 Å². The molecule has 0 unspecified atom stereocenters. The molecule has 1 heterocycles. The molecule has 1 aliphatic rings. The molecule has 1 aliphatic heterocycles. The van der Waals surface area contributed by atoms with Crippen LogP contribution in [0.2, 0.25) is 0 Å². The van der Waals surface area contributed by atoms with E-state index in [0.29, 0.717) is 16.6 Å². The summed E-state index contributed by atoms with van der Waals surface area (Å²) in [5.74, 6) is 2.14. The van der Waals surface area contributed by atoms with Crippen molar-refractivity contribution < 1.29 is 14.3 Å². The topological polar surface area (TPSA) is 51.1 Å². The minimum absolute atomic E-state index is 0.148. The average Bonchev–Trinajstić information content (AvgIpc) is 2.98. The van der Waals surface area contributed by atoms with Crippen LogP contribution in [0.1, 0.15) is 12.5 Å². The van der Waals surface area contributed by atoms with Gasteiger partial charge in [-0.15, -0.1) is 0 Å². The molecule has 0 spiro atoms. The van der Waals surface area contributed by atoms with E-state index in [1.165, 1.54) is 11.8 Å². The Morgan fingerprint density at radius 1 is 1.08 bits per heavy atom. The van der Waals surface area contributed by atoms with Crippen LogP contribution in [0.3, 0.4) is 0 Å². The molecule has 2 aromatic rings. The Balaban J connectivity index is 1.95. The van der Waals surface area contributed by atoms with Crippen LogP contribution in [-0.4, -0.2) is 31.0 Å². The Hall–Kier alpha value is -2.73. The van der Waals surface area contributed by atoms with Crippen molar-refractivity contribution in [2.75, 3.05) is 24.9 Å². The van der Waals surface area contributed by atoms with Crippen LogP contribution in [0.5, 0.6) is 11.5 Å². The number of anilines is 1. The van der Waals surface area contributed by atoms with Gasteiger partial charge < -0.3 is 9.47 Å². The van der Waals surface area contributed by atoms with Gasteiger partial charge in [0.1, 0.15) is 17.2 Å². The lowest BCUT2D eigenvalue weighted by Crippen LogP contribution is -2.30. The smallest absolute Gasteiger partial charge is 0.283 e. The predicted molar refractivity (Wildman–Crippen MR) is 107 cm³/mol. The number of benzene rings is 2. The molecule has 26 heavy (non-hydrogen) atoms. The largest absolute Gasteiger partial charge is 0.497 e. The second-order valence-electron chi connectivity index (χ2n) is 5.47. The van der Waals surface area contributed by atoms with E-state index < -0.39 is 0 Å². The first-order valence-electron chi connectivity index (χ1n) is 8.22. The summed E-state index contributed by atoms with van der Waals surface area (Å²) in [5, 5.41) is 0.672. The zero-order valence-corrected chi connectivity index (χ0v) is 15.7. The molecule has 134 valence electrons. The molecule has 6 heteroatoms. The fourth-order valence-corrected chi connectivity index (χ4v) is 3.30. The van der Waals surface area contributed by atoms with Gasteiger partial charge in [-0.1, -0.05) is 36.9 Å². The van der Waals surface area contributed by atoms with Crippen LogP contribution in [-0.2, 0) is 4.79 Å². The number of amidine groups is 1. The molecule has 0 bridgehead atoms. The zero-order valence-electron chi connectivity index (χ0n) is 14.9. The van der Waals surface area contributed by atoms with Crippen molar-refractivity contribution >= 4 is 34.6 Å². The maximum atomic E-state index is 13.0. The highest BCUT2D eigenvalue weighted by atomic mass is 32.2. The quantitative estimate of drug-likeness (QED) is 0.742. The first-order valence-corrected chi connectivity index (χ1v) is 9.20. The van der Waals surface area contributed by atoms with Crippen LogP contribution in [0.25, 0.3) is 6.08 Å². The third kappa shape index (κ3) is 3.75. The summed E-state index contributed by atoms with van der Waals surface area (Å²) in [6.45, 7) is 2.03. The summed E-state index contributed by atoms with van der Waals surface area (Å²) in [6, 6.07) is 14.9. The van der Waals surface area contributed by atoms with E-state index >= 15 is 0 Å². The molecule has 0 radical (unpaired) electrons. The van der Waals surface area contributed by atoms with Crippen molar-refractivity contribution in [2.24, 2.45) is 4.99 Å². The van der Waals surface area contributed by atoms with Crippen molar-refractivity contribution in [3.63, 3.8) is 0 Å². The number of rotatable bonds is 5. The number of carbonyl (C=O) groups excluding carboxylic acids is 1. The first kappa shape index (κ1) is 18.1. The lowest BCUT2D eigenvalue weighted by atomic mass is 10.2. The van der Waals surface area contributed by atoms with Crippen LogP contribution in [0.4, 0.5) is 5.69 Å². The first-order chi connectivity index (χ1) is 12.7. The van der Waals surface area contributed by atoms with Gasteiger partial charge in [0.15, 0.2) is 5.17 Å². The van der Waals surface area contributed by atoms with Crippen molar-refractivity contribution in [2.45, 2.75) is 6.92 Å². The summed E-state index contributed by atoms with van der Waals surface area (Å²) in [6.07, 6.45) is 1.79. The second kappa shape index (κ2) is 8.10. The number of ether oxygens (including phenoxy) is 2. The number of hydrogen-bond donors (Lipinski definition) is 0. The third-order valence-electron chi connectivity index (χ3n) is 3.83. The minimum atomic E-state index is -0.148. The summed E-state index contributed by atoms with van der Waals surface area (Å²) in [5.41, 5.74) is 2.05. The molecule has 2 aromatic carbocycles. The molecule has 0 saturated heterocycles. The third-order valence-corrected chi connectivity index (χ3v) is 4.65. The standard InChI is InChI=1S/C20H20N2O3S/c1-4-26-20-21-18(12-14-8-10-16(24-2)11-9-14)19(23)22(20)15-6-5-7-17(13-15)25-3/h5-13H,4H2,1-3H3/b18-12-. The van der Waals surface area contributed by atoms with Gasteiger partial charge in [0.2, 0.25) is 0 Å². The summed E-state index contributed by atoms with van der Waals surface area (Å²) < 4.78 is 10.4. The van der Waals surface area contributed by atoms with E-state index in [-0.39, 0.29) is 5.91 Å². The fourth-order valence-electron chi connectivity index (χ4n) is 2.56. The number of aliphatic imine (C=N–C) groups is 1. The van der Waals surface area contributed by atoms with Crippen LogP contribution < -0.4 is 14.4 Å². The molecule has 1 amide bonds. The molecular weight excluding hydrogens is 348 g/mol. The average molecular weight is 368 g/mol. The van der Waals surface area contributed by atoms with Gasteiger partial charge in [-0.2, -0.15) is 0 Å². The molecule has 5 nitrogen and oxygen atoms in total. The molecule has 0 saturated carbocycles. The molecule has 0 aromatic heterocycles. The van der Waals surface area contributed by atoms with Gasteiger partial charge in [0, 0.05) is 6.07 Å². The summed E-state index contributed by atoms with van der Waals surface area (Å²) in [7, 11) is 3.23. The van der Waals surface area contributed by atoms with Gasteiger partial charge in [-0.3, -0.25) is 9.69 Å². The highest BCUT2D eigenvalue weighted by molar-refractivity contribution is 8.14. The monoisotopic (exact) mass is 368 g/mol. The number of nitrogens with zero attached hydrogens (tertiary/aromatic N) is 2. The van der Waals surface area contributed by atoms with E-state index in [2.05, 4.69) is 4.99 Å². The van der Waals surface area contributed by atoms with Crippen LogP contribution >= 0.6 is 11.8 Å². The molecule has 0 atom stereocenters. The fraction of sp³-hybridized carbons (Fsp3) is 0.200. The van der Waals surface area contributed by atoms with E-state index in [0.717, 1.165) is 22.8 Å². The number of carbonyl (C=O) groups is 1. The summed E-state index contributed by atoms with van der Waals surface area (Å²) >= 11 is 1.53. The Bertz CT molecular complexity index is 860. The zero-order chi connectivity index (χ0) is 18.5. The number of amides is 1. The maximum absolute atomic E-state index is 13.0. The molecule has 0 N–H and O–H groups in total. The van der Waals surface area contributed by atoms with E-state index in [4.69, 9.17) is 9.47 Å². The number of methoxy groups -OCH3 is 2. The molecule has 3 rings (SSSR count). The molecule has 0 aliphatic carbocycles. The van der Waals surface area contributed by atoms with E-state index in [9.17, 15) is 4.79 Å². The van der Waals surface area contributed by atoms with Crippen molar-refractivity contribution in [3.05, 3.63) is 59.8 Å². The lowest BCUT2D eigenvalue weighted by Gasteiger charge is -2.18. The Morgan fingerprint density at radius 2 is 1.81 bits per heavy atom. The second-order valence-corrected chi connectivity index (χ2v) is 6.70. The highest BCUT2D eigenvalue weighted by Gasteiger charge is 2.31. The Morgan fingerprint density at radius 3 is 2.46 bits per heavy atom. The van der Waals surface area contributed by atoms with Gasteiger partial charge in [0.05, 0.1) is 19.9 Å². The van der Waals surface area contributed by atoms with Crippen molar-refractivity contribution in [1.82, 2.24) is 0 Å². The minimum Gasteiger partial charge on any atom is -0.497 e. The number of thioether (sulfide) groups is 1. The Labute approximate surface area is 157 Å². The van der Waals surface area contributed by atoms with Gasteiger partial charge in [-0.05, 0) is 41.7 Å². The number of hydrogen-bond acceptors (Lipinski definition) is 5. The highest BCUT2D eigenvalue weighted by Crippen LogP contribution is 2.31. The van der Waals surface area contributed by atoms with E-state index in [1.807, 2.05) is 55.5 Å². The van der Waals surface area contributed by atoms with E-state index in [1.54, 1.807) is 25.2 Å².